The second-order valence-electron chi connectivity index (χ2n) is 5.70. The van der Waals surface area contributed by atoms with E-state index in [1.807, 2.05) is 20.8 Å². The lowest BCUT2D eigenvalue weighted by Crippen LogP contribution is -2.58. The molecule has 0 spiro atoms. The van der Waals surface area contributed by atoms with E-state index in [0.29, 0.717) is 39.2 Å². The van der Waals surface area contributed by atoms with Crippen LogP contribution in [0.3, 0.4) is 0 Å². The van der Waals surface area contributed by atoms with Gasteiger partial charge in [-0.2, -0.15) is 25.3 Å². The Morgan fingerprint density at radius 1 is 0.846 bits per heavy atom. The molecule has 0 aliphatic carbocycles. The zero-order valence-electron chi connectivity index (χ0n) is 16.9. The molecule has 2 N–H and O–H groups in total. The maximum Gasteiger partial charge on any atom is 0.527 e. The van der Waals surface area contributed by atoms with Crippen molar-refractivity contribution in [3.05, 3.63) is 0 Å². The fourth-order valence-corrected chi connectivity index (χ4v) is 10.1. The standard InChI is InChI=1S/C15H37NO6S2Si2/c1-7-20-25(21-8-2,22-9-3)14(11-13-16)10-12-15(23,24)26(17-4,18-5)19-6/h14,23-24H,7-13,16H2,1-6H3. The molecule has 11 heteroatoms. The molecule has 0 radical (unpaired) electrons. The Morgan fingerprint density at radius 2 is 1.27 bits per heavy atom. The normalized spacial score (nSPS) is 14.7. The first-order chi connectivity index (χ1) is 12.3. The predicted molar refractivity (Wildman–Crippen MR) is 115 cm³/mol. The van der Waals surface area contributed by atoms with Crippen LogP contribution >= 0.6 is 25.3 Å². The number of nitrogens with two attached hydrogens (primary N) is 1. The van der Waals surface area contributed by atoms with E-state index >= 15 is 0 Å². The lowest BCUT2D eigenvalue weighted by Gasteiger charge is -2.39. The second-order valence-corrected chi connectivity index (χ2v) is 14.5. The van der Waals surface area contributed by atoms with Crippen molar-refractivity contribution in [3.63, 3.8) is 0 Å². The summed E-state index contributed by atoms with van der Waals surface area (Å²) in [5.74, 6) is 0. The molecule has 0 aliphatic heterocycles. The molecule has 0 saturated heterocycles. The lowest BCUT2D eigenvalue weighted by molar-refractivity contribution is 0.0580. The summed E-state index contributed by atoms with van der Waals surface area (Å²) in [6, 6.07) is 0. The van der Waals surface area contributed by atoms with Gasteiger partial charge in [0.15, 0.2) is 0 Å². The van der Waals surface area contributed by atoms with Crippen LogP contribution in [0.15, 0.2) is 0 Å². The summed E-state index contributed by atoms with van der Waals surface area (Å²) in [5.41, 5.74) is 5.90. The molecule has 0 aliphatic rings. The molecule has 0 aromatic carbocycles. The number of hydrogen-bond acceptors (Lipinski definition) is 9. The highest BCUT2D eigenvalue weighted by Gasteiger charge is 2.57. The minimum atomic E-state index is -3.06. The highest BCUT2D eigenvalue weighted by molar-refractivity contribution is 8.03. The summed E-state index contributed by atoms with van der Waals surface area (Å²) < 4.78 is 34.0. The third-order valence-corrected chi connectivity index (χ3v) is 12.8. The van der Waals surface area contributed by atoms with Crippen LogP contribution in [0.5, 0.6) is 0 Å². The van der Waals surface area contributed by atoms with Crippen LogP contribution in [0.4, 0.5) is 0 Å². The first-order valence-corrected chi connectivity index (χ1v) is 13.4. The molecule has 0 aromatic heterocycles. The lowest BCUT2D eigenvalue weighted by atomic mass is 10.2. The highest BCUT2D eigenvalue weighted by atomic mass is 32.2. The Kier molecular flexibility index (Phi) is 13.6. The molecule has 0 bridgehead atoms. The maximum absolute atomic E-state index is 6.06. The third kappa shape index (κ3) is 6.73. The van der Waals surface area contributed by atoms with Gasteiger partial charge in [-0.05, 0) is 46.6 Å². The Bertz CT molecular complexity index is 353. The molecule has 0 heterocycles. The summed E-state index contributed by atoms with van der Waals surface area (Å²) in [5, 5.41) is 0. The minimum absolute atomic E-state index is 0.0308. The van der Waals surface area contributed by atoms with E-state index in [1.54, 1.807) is 21.3 Å². The molecule has 0 rings (SSSR count). The van der Waals surface area contributed by atoms with E-state index in [-0.39, 0.29) is 5.54 Å². The first kappa shape index (κ1) is 26.9. The average Bonchev–Trinajstić information content (AvgIpc) is 2.61. The summed E-state index contributed by atoms with van der Waals surface area (Å²) in [4.78, 5) is 0. The van der Waals surface area contributed by atoms with Gasteiger partial charge >= 0.3 is 17.6 Å². The Hall–Kier alpha value is 0.854. The quantitative estimate of drug-likeness (QED) is 0.190. The fraction of sp³-hybridized carbons (Fsp3) is 1.00. The van der Waals surface area contributed by atoms with Crippen LogP contribution in [-0.4, -0.2) is 69.0 Å². The summed E-state index contributed by atoms with van der Waals surface area (Å²) in [6.07, 6.45) is 1.99. The van der Waals surface area contributed by atoms with Gasteiger partial charge < -0.3 is 32.3 Å². The van der Waals surface area contributed by atoms with Crippen molar-refractivity contribution < 1.29 is 26.6 Å². The Labute approximate surface area is 172 Å². The van der Waals surface area contributed by atoms with Gasteiger partial charge in [-0.15, -0.1) is 0 Å². The minimum Gasteiger partial charge on any atom is -0.376 e. The molecule has 0 aromatic rings. The van der Waals surface area contributed by atoms with Crippen molar-refractivity contribution in [2.24, 2.45) is 5.73 Å². The van der Waals surface area contributed by atoms with E-state index in [2.05, 4.69) is 0 Å². The predicted octanol–water partition coefficient (Wildman–Crippen LogP) is 2.51. The number of hydrogen-bond donors (Lipinski definition) is 3. The molecule has 0 fully saturated rings. The molecule has 26 heavy (non-hydrogen) atoms. The Morgan fingerprint density at radius 3 is 1.58 bits per heavy atom. The van der Waals surface area contributed by atoms with Gasteiger partial charge in [0.25, 0.3) is 0 Å². The molecule has 0 saturated carbocycles. The topological polar surface area (TPSA) is 81.4 Å². The van der Waals surface area contributed by atoms with Crippen LogP contribution < -0.4 is 5.73 Å². The Balaban J connectivity index is 5.52. The van der Waals surface area contributed by atoms with Gasteiger partial charge in [0.05, 0.1) is 0 Å². The first-order valence-electron chi connectivity index (χ1n) is 9.00. The van der Waals surface area contributed by atoms with Gasteiger partial charge in [0, 0.05) is 46.7 Å². The summed E-state index contributed by atoms with van der Waals surface area (Å²) in [7, 11) is -1.29. The number of thiol groups is 2. The van der Waals surface area contributed by atoms with Crippen molar-refractivity contribution in [1.29, 1.82) is 0 Å². The van der Waals surface area contributed by atoms with Gasteiger partial charge in [-0.25, -0.2) is 0 Å². The molecule has 158 valence electrons. The summed E-state index contributed by atoms with van der Waals surface area (Å²) in [6.45, 7) is 7.91. The van der Waals surface area contributed by atoms with Crippen LogP contribution in [-0.2, 0) is 26.6 Å². The third-order valence-electron chi connectivity index (χ3n) is 4.19. The zero-order valence-corrected chi connectivity index (χ0v) is 20.7. The molecule has 0 amide bonds. The van der Waals surface area contributed by atoms with E-state index < -0.39 is 21.3 Å². The molecule has 1 atom stereocenters. The van der Waals surface area contributed by atoms with Gasteiger partial charge in [0.2, 0.25) is 0 Å². The monoisotopic (exact) mass is 447 g/mol. The van der Waals surface area contributed by atoms with E-state index in [4.69, 9.17) is 57.5 Å². The van der Waals surface area contributed by atoms with Crippen LogP contribution in [0, 0.1) is 0 Å². The van der Waals surface area contributed by atoms with Gasteiger partial charge in [0.1, 0.15) is 3.70 Å². The smallest absolute Gasteiger partial charge is 0.376 e. The maximum atomic E-state index is 6.06. The van der Waals surface area contributed by atoms with Gasteiger partial charge in [-0.1, -0.05) is 0 Å². The molecule has 1 unspecified atom stereocenters. The average molecular weight is 448 g/mol. The number of rotatable bonds is 16. The molecule has 7 nitrogen and oxygen atoms in total. The highest BCUT2D eigenvalue weighted by Crippen LogP contribution is 2.42. The molecular formula is C15H37NO6S2Si2. The van der Waals surface area contributed by atoms with Gasteiger partial charge in [-0.3, -0.25) is 0 Å². The zero-order chi connectivity index (χ0) is 20.3. The van der Waals surface area contributed by atoms with Crippen molar-refractivity contribution in [2.45, 2.75) is 49.3 Å². The SMILES string of the molecule is CCO[Si](OCC)(OCC)C(CCN)CCC(S)(S)[Si](OC)(OC)OC. The van der Waals surface area contributed by atoms with Crippen molar-refractivity contribution in [1.82, 2.24) is 0 Å². The van der Waals surface area contributed by atoms with Crippen molar-refractivity contribution in [2.75, 3.05) is 47.7 Å². The van der Waals surface area contributed by atoms with E-state index in [0.717, 1.165) is 6.42 Å². The second kappa shape index (κ2) is 13.1. The van der Waals surface area contributed by atoms with Crippen LogP contribution in [0.1, 0.15) is 40.0 Å². The van der Waals surface area contributed by atoms with Crippen molar-refractivity contribution >= 4 is 42.9 Å². The van der Waals surface area contributed by atoms with Crippen molar-refractivity contribution in [3.8, 4) is 0 Å². The van der Waals surface area contributed by atoms with Crippen LogP contribution in [0.25, 0.3) is 0 Å². The largest absolute Gasteiger partial charge is 0.527 e. The summed E-state index contributed by atoms with van der Waals surface area (Å²) >= 11 is 9.43. The fourth-order valence-electron chi connectivity index (χ4n) is 3.05. The molecular weight excluding hydrogens is 410 g/mol. The van der Waals surface area contributed by atoms with E-state index in [1.165, 1.54) is 0 Å². The van der Waals surface area contributed by atoms with Crippen LogP contribution in [0.2, 0.25) is 5.54 Å². The van der Waals surface area contributed by atoms with E-state index in [9.17, 15) is 0 Å².